The van der Waals surface area contributed by atoms with Gasteiger partial charge in [0.05, 0.1) is 4.92 Å². The molecule has 0 spiro atoms. The summed E-state index contributed by atoms with van der Waals surface area (Å²) in [6, 6.07) is 14.4. The van der Waals surface area contributed by atoms with Crippen LogP contribution in [0.4, 0.5) is 23.0 Å². The van der Waals surface area contributed by atoms with E-state index in [0.717, 1.165) is 16.8 Å². The van der Waals surface area contributed by atoms with Crippen molar-refractivity contribution in [3.8, 4) is 0 Å². The van der Waals surface area contributed by atoms with E-state index in [4.69, 9.17) is 0 Å². The van der Waals surface area contributed by atoms with E-state index in [1.165, 1.54) is 6.07 Å². The Kier molecular flexibility index (Phi) is 4.84. The van der Waals surface area contributed by atoms with E-state index < -0.39 is 4.92 Å². The molecule has 2 N–H and O–H groups in total. The molecule has 126 valence electrons. The first-order valence-electron chi connectivity index (χ1n) is 7.74. The molecule has 2 heterocycles. The van der Waals surface area contributed by atoms with Gasteiger partial charge in [-0.3, -0.25) is 15.1 Å². The summed E-state index contributed by atoms with van der Waals surface area (Å²) in [7, 11) is 0. The molecule has 0 amide bonds. The fourth-order valence-electron chi connectivity index (χ4n) is 2.26. The van der Waals surface area contributed by atoms with Gasteiger partial charge in [0.1, 0.15) is 5.82 Å². The molecule has 2 aromatic heterocycles. The molecule has 0 saturated heterocycles. The number of pyridine rings is 2. The minimum absolute atomic E-state index is 0.0740. The predicted octanol–water partition coefficient (Wildman–Crippen LogP) is 4.05. The first kappa shape index (κ1) is 16.4. The number of nitrogens with zero attached hydrogens (tertiary/aromatic N) is 3. The number of aromatic nitrogens is 2. The van der Waals surface area contributed by atoms with E-state index in [1.807, 2.05) is 43.3 Å². The average molecular weight is 335 g/mol. The van der Waals surface area contributed by atoms with Gasteiger partial charge in [0, 0.05) is 30.7 Å². The van der Waals surface area contributed by atoms with Gasteiger partial charge in [-0.2, -0.15) is 0 Å². The van der Waals surface area contributed by atoms with Crippen LogP contribution in [0.25, 0.3) is 0 Å². The van der Waals surface area contributed by atoms with E-state index >= 15 is 0 Å². The molecule has 3 aromatic rings. The van der Waals surface area contributed by atoms with Gasteiger partial charge in [0.25, 0.3) is 0 Å². The van der Waals surface area contributed by atoms with Gasteiger partial charge < -0.3 is 10.6 Å². The van der Waals surface area contributed by atoms with E-state index in [1.54, 1.807) is 18.5 Å². The summed E-state index contributed by atoms with van der Waals surface area (Å²) in [5.74, 6) is 0.755. The number of rotatable bonds is 6. The van der Waals surface area contributed by atoms with Gasteiger partial charge in [-0.05, 0) is 42.8 Å². The summed E-state index contributed by atoms with van der Waals surface area (Å²) in [4.78, 5) is 19.1. The van der Waals surface area contributed by atoms with Crippen LogP contribution in [0, 0.1) is 17.0 Å². The highest BCUT2D eigenvalue weighted by Gasteiger charge is 2.16. The summed E-state index contributed by atoms with van der Waals surface area (Å²) in [5.41, 5.74) is 2.83. The van der Waals surface area contributed by atoms with Crippen molar-refractivity contribution in [3.05, 3.63) is 82.2 Å². The number of hydrogen-bond acceptors (Lipinski definition) is 6. The molecule has 0 saturated carbocycles. The van der Waals surface area contributed by atoms with E-state index in [-0.39, 0.29) is 11.5 Å². The van der Waals surface area contributed by atoms with Crippen molar-refractivity contribution in [1.29, 1.82) is 0 Å². The van der Waals surface area contributed by atoms with Crippen LogP contribution in [0.1, 0.15) is 11.1 Å². The third-order valence-corrected chi connectivity index (χ3v) is 3.61. The Morgan fingerprint density at radius 2 is 1.76 bits per heavy atom. The van der Waals surface area contributed by atoms with Crippen molar-refractivity contribution in [1.82, 2.24) is 9.97 Å². The van der Waals surface area contributed by atoms with E-state index in [0.29, 0.717) is 12.4 Å². The molecular weight excluding hydrogens is 318 g/mol. The summed E-state index contributed by atoms with van der Waals surface area (Å²) in [5, 5.41) is 17.4. The molecule has 7 nitrogen and oxygen atoms in total. The highest BCUT2D eigenvalue weighted by atomic mass is 16.6. The van der Waals surface area contributed by atoms with Gasteiger partial charge >= 0.3 is 5.69 Å². The summed E-state index contributed by atoms with van der Waals surface area (Å²) in [6.45, 7) is 2.53. The minimum atomic E-state index is -0.448. The molecule has 0 bridgehead atoms. The Labute approximate surface area is 144 Å². The van der Waals surface area contributed by atoms with Crippen molar-refractivity contribution in [2.45, 2.75) is 13.5 Å². The number of hydrogen-bond donors (Lipinski definition) is 2. The van der Waals surface area contributed by atoms with Crippen LogP contribution in [0.5, 0.6) is 0 Å². The maximum absolute atomic E-state index is 11.3. The van der Waals surface area contributed by atoms with Crippen molar-refractivity contribution >= 4 is 23.0 Å². The molecule has 0 aliphatic carbocycles. The first-order valence-corrected chi connectivity index (χ1v) is 7.74. The van der Waals surface area contributed by atoms with Crippen molar-refractivity contribution < 1.29 is 4.92 Å². The molecule has 0 aliphatic heterocycles. The summed E-state index contributed by atoms with van der Waals surface area (Å²) < 4.78 is 0. The second kappa shape index (κ2) is 7.39. The molecule has 0 radical (unpaired) electrons. The van der Waals surface area contributed by atoms with Gasteiger partial charge in [0.2, 0.25) is 5.82 Å². The Balaban J connectivity index is 1.81. The Morgan fingerprint density at radius 1 is 1.04 bits per heavy atom. The second-order valence-corrected chi connectivity index (χ2v) is 5.52. The SMILES string of the molecule is Cc1ccc(Nc2nc(NCc3ccncc3)ccc2[N+](=O)[O-])cc1. The Hall–Kier alpha value is -3.48. The van der Waals surface area contributed by atoms with Gasteiger partial charge in [-0.1, -0.05) is 17.7 Å². The van der Waals surface area contributed by atoms with Crippen LogP contribution < -0.4 is 10.6 Å². The maximum atomic E-state index is 11.3. The monoisotopic (exact) mass is 335 g/mol. The molecule has 0 atom stereocenters. The van der Waals surface area contributed by atoms with E-state index in [9.17, 15) is 10.1 Å². The highest BCUT2D eigenvalue weighted by molar-refractivity contribution is 5.67. The number of aryl methyl sites for hydroxylation is 1. The fourth-order valence-corrected chi connectivity index (χ4v) is 2.26. The summed E-state index contributed by atoms with van der Waals surface area (Å²) in [6.07, 6.45) is 3.43. The van der Waals surface area contributed by atoms with Crippen LogP contribution in [-0.2, 0) is 6.54 Å². The molecular formula is C18H17N5O2. The van der Waals surface area contributed by atoms with Crippen molar-refractivity contribution in [2.24, 2.45) is 0 Å². The lowest BCUT2D eigenvalue weighted by molar-refractivity contribution is -0.384. The lowest BCUT2D eigenvalue weighted by atomic mass is 10.2. The summed E-state index contributed by atoms with van der Waals surface area (Å²) >= 11 is 0. The molecule has 1 aromatic carbocycles. The van der Waals surface area contributed by atoms with Crippen LogP contribution in [-0.4, -0.2) is 14.9 Å². The van der Waals surface area contributed by atoms with Crippen LogP contribution in [0.2, 0.25) is 0 Å². The largest absolute Gasteiger partial charge is 0.366 e. The third-order valence-electron chi connectivity index (χ3n) is 3.61. The van der Waals surface area contributed by atoms with Crippen LogP contribution in [0.15, 0.2) is 60.9 Å². The lowest BCUT2D eigenvalue weighted by Crippen LogP contribution is -2.05. The van der Waals surface area contributed by atoms with Crippen molar-refractivity contribution in [2.75, 3.05) is 10.6 Å². The van der Waals surface area contributed by atoms with Crippen LogP contribution in [0.3, 0.4) is 0 Å². The normalized spacial score (nSPS) is 10.3. The Bertz CT molecular complexity index is 866. The van der Waals surface area contributed by atoms with Gasteiger partial charge in [-0.25, -0.2) is 4.98 Å². The smallest absolute Gasteiger partial charge is 0.311 e. The van der Waals surface area contributed by atoms with Crippen LogP contribution >= 0.6 is 0 Å². The molecule has 0 aliphatic rings. The predicted molar refractivity (Wildman–Crippen MR) is 96.9 cm³/mol. The zero-order chi connectivity index (χ0) is 17.6. The zero-order valence-electron chi connectivity index (χ0n) is 13.6. The number of nitrogens with one attached hydrogen (secondary N) is 2. The zero-order valence-corrected chi connectivity index (χ0v) is 13.6. The molecule has 0 unspecified atom stereocenters. The minimum Gasteiger partial charge on any atom is -0.366 e. The number of nitro groups is 1. The first-order chi connectivity index (χ1) is 12.1. The van der Waals surface area contributed by atoms with Gasteiger partial charge in [-0.15, -0.1) is 0 Å². The third kappa shape index (κ3) is 4.29. The van der Waals surface area contributed by atoms with E-state index in [2.05, 4.69) is 20.6 Å². The van der Waals surface area contributed by atoms with Gasteiger partial charge in [0.15, 0.2) is 0 Å². The molecule has 3 rings (SSSR count). The maximum Gasteiger partial charge on any atom is 0.311 e. The quantitative estimate of drug-likeness (QED) is 0.521. The fraction of sp³-hybridized carbons (Fsp3) is 0.111. The topological polar surface area (TPSA) is 93.0 Å². The average Bonchev–Trinajstić information content (AvgIpc) is 2.63. The molecule has 25 heavy (non-hydrogen) atoms. The lowest BCUT2D eigenvalue weighted by Gasteiger charge is -2.10. The molecule has 7 heteroatoms. The molecule has 0 fully saturated rings. The highest BCUT2D eigenvalue weighted by Crippen LogP contribution is 2.27. The number of benzene rings is 1. The Morgan fingerprint density at radius 3 is 2.44 bits per heavy atom. The second-order valence-electron chi connectivity index (χ2n) is 5.52. The van der Waals surface area contributed by atoms with Crippen molar-refractivity contribution in [3.63, 3.8) is 0 Å². The number of anilines is 3. The standard InChI is InChI=1S/C18H17N5O2/c1-13-2-4-15(5-3-13)21-18-16(23(24)25)6-7-17(22-18)20-12-14-8-10-19-11-9-14/h2-11H,12H2,1H3,(H2,20,21,22).